The van der Waals surface area contributed by atoms with Crippen LogP contribution in [0.5, 0.6) is 0 Å². The molecule has 166 valence electrons. The van der Waals surface area contributed by atoms with E-state index in [0.717, 1.165) is 12.8 Å². The zero-order chi connectivity index (χ0) is 21.8. The molecule has 0 spiro atoms. The molecule has 1 saturated carbocycles. The first-order valence-corrected chi connectivity index (χ1v) is 12.4. The lowest BCUT2D eigenvalue weighted by Crippen LogP contribution is -2.42. The van der Waals surface area contributed by atoms with Crippen LogP contribution in [0.1, 0.15) is 86.5 Å². The van der Waals surface area contributed by atoms with Gasteiger partial charge in [-0.1, -0.05) is 59.3 Å². The third kappa shape index (κ3) is 3.38. The van der Waals surface area contributed by atoms with E-state index >= 15 is 0 Å². The Morgan fingerprint density at radius 2 is 1.77 bits per heavy atom. The maximum Gasteiger partial charge on any atom is 0.156 e. The van der Waals surface area contributed by atoms with Crippen molar-refractivity contribution in [2.75, 3.05) is 0 Å². The summed E-state index contributed by atoms with van der Waals surface area (Å²) in [5.74, 6) is 2.95. The molecule has 0 radical (unpaired) electrons. The Kier molecular flexibility index (Phi) is 5.71. The zero-order valence-electron chi connectivity index (χ0n) is 20.0. The number of aliphatic hydroxyl groups is 1. The molecule has 4 rings (SSSR count). The Labute approximate surface area is 183 Å². The summed E-state index contributed by atoms with van der Waals surface area (Å²) in [7, 11) is 0. The SMILES string of the molecule is CC(C)[C@@H](C)CC(O)[C@@H](C)[C@H]1CCC2=C3C=CC4=CC(=O)CC[C@]4(C)[C@H]3CC[C@@]21C. The largest absolute Gasteiger partial charge is 0.393 e. The van der Waals surface area contributed by atoms with E-state index in [2.05, 4.69) is 53.7 Å². The van der Waals surface area contributed by atoms with Gasteiger partial charge in [-0.15, -0.1) is 0 Å². The van der Waals surface area contributed by atoms with E-state index in [-0.39, 0.29) is 16.9 Å². The van der Waals surface area contributed by atoms with Gasteiger partial charge in [0.05, 0.1) is 6.10 Å². The lowest BCUT2D eigenvalue weighted by atomic mass is 9.53. The second-order valence-electron chi connectivity index (χ2n) is 11.8. The van der Waals surface area contributed by atoms with Crippen LogP contribution in [0.3, 0.4) is 0 Å². The lowest BCUT2D eigenvalue weighted by molar-refractivity contribution is -0.116. The summed E-state index contributed by atoms with van der Waals surface area (Å²) in [6.07, 6.45) is 13.8. The third-order valence-electron chi connectivity index (χ3n) is 9.96. The molecule has 4 aliphatic rings. The van der Waals surface area contributed by atoms with Gasteiger partial charge in [0.1, 0.15) is 0 Å². The molecule has 30 heavy (non-hydrogen) atoms. The second kappa shape index (κ2) is 7.76. The number of rotatable bonds is 5. The second-order valence-corrected chi connectivity index (χ2v) is 11.8. The smallest absolute Gasteiger partial charge is 0.156 e. The molecular formula is C28H42O2. The topological polar surface area (TPSA) is 37.3 Å². The van der Waals surface area contributed by atoms with Gasteiger partial charge in [0.2, 0.25) is 0 Å². The molecule has 2 nitrogen and oxygen atoms in total. The summed E-state index contributed by atoms with van der Waals surface area (Å²) in [5.41, 5.74) is 4.87. The average Bonchev–Trinajstić information content (AvgIpc) is 3.04. The zero-order valence-corrected chi connectivity index (χ0v) is 20.0. The predicted octanol–water partition coefficient (Wildman–Crippen LogP) is 6.65. The van der Waals surface area contributed by atoms with Gasteiger partial charge in [-0.05, 0) is 96.2 Å². The number of fused-ring (bicyclic) bond motifs is 4. The predicted molar refractivity (Wildman–Crippen MR) is 124 cm³/mol. The highest BCUT2D eigenvalue weighted by Crippen LogP contribution is 2.63. The molecule has 4 aliphatic carbocycles. The molecule has 0 amide bonds. The molecule has 1 N–H and O–H groups in total. The van der Waals surface area contributed by atoms with Gasteiger partial charge < -0.3 is 5.11 Å². The summed E-state index contributed by atoms with van der Waals surface area (Å²) in [6.45, 7) is 14.0. The Balaban J connectivity index is 1.63. The van der Waals surface area contributed by atoms with Crippen LogP contribution in [0.4, 0.5) is 0 Å². The Morgan fingerprint density at radius 3 is 2.47 bits per heavy atom. The van der Waals surface area contributed by atoms with Crippen molar-refractivity contribution in [1.82, 2.24) is 0 Å². The molecule has 2 heteroatoms. The third-order valence-corrected chi connectivity index (χ3v) is 9.96. The average molecular weight is 411 g/mol. The molecule has 0 bridgehead atoms. The quantitative estimate of drug-likeness (QED) is 0.550. The van der Waals surface area contributed by atoms with E-state index in [0.29, 0.717) is 41.8 Å². The van der Waals surface area contributed by atoms with Gasteiger partial charge in [-0.3, -0.25) is 4.79 Å². The monoisotopic (exact) mass is 410 g/mol. The molecule has 0 aliphatic heterocycles. The fourth-order valence-corrected chi connectivity index (χ4v) is 7.34. The number of allylic oxidation sites excluding steroid dienone is 6. The van der Waals surface area contributed by atoms with Crippen molar-refractivity contribution >= 4 is 5.78 Å². The maximum absolute atomic E-state index is 12.0. The summed E-state index contributed by atoms with van der Waals surface area (Å²) < 4.78 is 0. The van der Waals surface area contributed by atoms with Crippen LogP contribution in [0.25, 0.3) is 0 Å². The molecule has 1 fully saturated rings. The van der Waals surface area contributed by atoms with Crippen molar-refractivity contribution in [2.24, 2.45) is 40.4 Å². The van der Waals surface area contributed by atoms with Gasteiger partial charge in [0.15, 0.2) is 5.78 Å². The van der Waals surface area contributed by atoms with Crippen LogP contribution in [-0.2, 0) is 4.79 Å². The van der Waals surface area contributed by atoms with E-state index in [1.807, 2.05) is 6.08 Å². The highest BCUT2D eigenvalue weighted by Gasteiger charge is 2.53. The van der Waals surface area contributed by atoms with Crippen LogP contribution in [0.2, 0.25) is 0 Å². The number of carbonyl (C=O) groups is 1. The Hall–Kier alpha value is -1.15. The number of hydrogen-bond donors (Lipinski definition) is 1. The molecule has 0 aromatic rings. The summed E-state index contributed by atoms with van der Waals surface area (Å²) in [5, 5.41) is 11.1. The highest BCUT2D eigenvalue weighted by molar-refractivity contribution is 5.92. The Morgan fingerprint density at radius 1 is 1.03 bits per heavy atom. The van der Waals surface area contributed by atoms with E-state index in [1.54, 1.807) is 11.1 Å². The summed E-state index contributed by atoms with van der Waals surface area (Å²) in [4.78, 5) is 12.0. The fraction of sp³-hybridized carbons (Fsp3) is 0.750. The molecule has 7 atom stereocenters. The number of carbonyl (C=O) groups excluding carboxylic acids is 1. The first kappa shape index (κ1) is 22.1. The maximum atomic E-state index is 12.0. The van der Waals surface area contributed by atoms with E-state index in [9.17, 15) is 9.90 Å². The molecular weight excluding hydrogens is 368 g/mol. The van der Waals surface area contributed by atoms with Crippen LogP contribution >= 0.6 is 0 Å². The Bertz CT molecular complexity index is 799. The van der Waals surface area contributed by atoms with Crippen LogP contribution < -0.4 is 0 Å². The lowest BCUT2D eigenvalue weighted by Gasteiger charge is -2.51. The number of ketones is 1. The molecule has 0 heterocycles. The highest BCUT2D eigenvalue weighted by atomic mass is 16.3. The minimum absolute atomic E-state index is 0.127. The van der Waals surface area contributed by atoms with Gasteiger partial charge in [0, 0.05) is 6.42 Å². The summed E-state index contributed by atoms with van der Waals surface area (Å²) >= 11 is 0. The van der Waals surface area contributed by atoms with Crippen LogP contribution in [-0.4, -0.2) is 17.0 Å². The van der Waals surface area contributed by atoms with Crippen molar-refractivity contribution in [1.29, 1.82) is 0 Å². The van der Waals surface area contributed by atoms with Crippen LogP contribution in [0.15, 0.2) is 34.9 Å². The van der Waals surface area contributed by atoms with Crippen molar-refractivity contribution in [3.8, 4) is 0 Å². The standard InChI is InChI=1S/C28H42O2/c1-17(2)18(3)15-26(30)19(4)23-9-10-24-22-8-7-20-16-21(29)11-13-27(20,5)25(22)12-14-28(23,24)6/h7-8,16-19,23,25-26,30H,9-15H2,1-6H3/t18-,19-,23+,25-,26?,27-,28+/m0/s1. The molecule has 0 saturated heterocycles. The van der Waals surface area contributed by atoms with Crippen molar-refractivity contribution in [2.45, 2.75) is 92.6 Å². The minimum atomic E-state index is -0.204. The van der Waals surface area contributed by atoms with Crippen LogP contribution in [0, 0.1) is 40.4 Å². The molecule has 1 unspecified atom stereocenters. The van der Waals surface area contributed by atoms with Gasteiger partial charge in [-0.25, -0.2) is 0 Å². The van der Waals surface area contributed by atoms with Gasteiger partial charge >= 0.3 is 0 Å². The van der Waals surface area contributed by atoms with Gasteiger partial charge in [0.25, 0.3) is 0 Å². The number of aliphatic hydroxyl groups excluding tert-OH is 1. The van der Waals surface area contributed by atoms with Gasteiger partial charge in [-0.2, -0.15) is 0 Å². The first-order valence-electron chi connectivity index (χ1n) is 12.4. The molecule has 0 aromatic carbocycles. The van der Waals surface area contributed by atoms with E-state index < -0.39 is 0 Å². The summed E-state index contributed by atoms with van der Waals surface area (Å²) in [6, 6.07) is 0. The van der Waals surface area contributed by atoms with Crippen molar-refractivity contribution in [3.05, 3.63) is 34.9 Å². The van der Waals surface area contributed by atoms with Crippen molar-refractivity contribution < 1.29 is 9.90 Å². The van der Waals surface area contributed by atoms with Crippen molar-refractivity contribution in [3.63, 3.8) is 0 Å². The molecule has 0 aromatic heterocycles. The number of hydrogen-bond acceptors (Lipinski definition) is 2. The minimum Gasteiger partial charge on any atom is -0.393 e. The first-order chi connectivity index (χ1) is 14.1. The fourth-order valence-electron chi connectivity index (χ4n) is 7.34. The van der Waals surface area contributed by atoms with E-state index in [1.165, 1.54) is 31.3 Å². The normalized spacial score (nSPS) is 38.7. The van der Waals surface area contributed by atoms with E-state index in [4.69, 9.17) is 0 Å².